The molecule has 0 aliphatic rings. The smallest absolute Gasteiger partial charge is 0.408 e. The van der Waals surface area contributed by atoms with E-state index < -0.39 is 34.5 Å². The topological polar surface area (TPSA) is 128 Å². The summed E-state index contributed by atoms with van der Waals surface area (Å²) < 4.78 is 9.73. The van der Waals surface area contributed by atoms with Gasteiger partial charge in [-0.3, -0.25) is 10.1 Å². The van der Waals surface area contributed by atoms with Crippen LogP contribution in [0.3, 0.4) is 0 Å². The number of benzene rings is 2. The lowest BCUT2D eigenvalue weighted by Crippen LogP contribution is -2.43. The molecule has 0 aliphatic carbocycles. The van der Waals surface area contributed by atoms with Crippen molar-refractivity contribution in [1.29, 1.82) is 0 Å². The summed E-state index contributed by atoms with van der Waals surface area (Å²) in [6.45, 7) is 0.0267. The third-order valence-electron chi connectivity index (χ3n) is 3.67. The van der Waals surface area contributed by atoms with Crippen LogP contribution < -0.4 is 5.32 Å². The number of aromatic hydroxyl groups is 1. The van der Waals surface area contributed by atoms with Crippen molar-refractivity contribution in [3.05, 3.63) is 69.8 Å². The number of nitro benzene ring substituents is 1. The molecule has 0 bridgehead atoms. The molecule has 1 amide bonds. The average Bonchev–Trinajstić information content (AvgIpc) is 2.65. The third-order valence-corrected chi connectivity index (χ3v) is 3.67. The molecule has 0 spiro atoms. The highest BCUT2D eigenvalue weighted by Crippen LogP contribution is 2.26. The van der Waals surface area contributed by atoms with Crippen LogP contribution in [0.5, 0.6) is 5.75 Å². The number of nitrogens with zero attached hydrogens (tertiary/aromatic N) is 1. The quantitative estimate of drug-likeness (QED) is 0.432. The number of nitrogens with one attached hydrogen (secondary N) is 1. The summed E-state index contributed by atoms with van der Waals surface area (Å²) >= 11 is 0. The van der Waals surface area contributed by atoms with Crippen LogP contribution in [0.1, 0.15) is 11.1 Å². The molecule has 27 heavy (non-hydrogen) atoms. The van der Waals surface area contributed by atoms with Gasteiger partial charge in [0.05, 0.1) is 12.0 Å². The van der Waals surface area contributed by atoms with Crippen LogP contribution in [0, 0.1) is 10.1 Å². The van der Waals surface area contributed by atoms with E-state index in [2.05, 4.69) is 10.1 Å². The van der Waals surface area contributed by atoms with Gasteiger partial charge in [-0.1, -0.05) is 36.4 Å². The van der Waals surface area contributed by atoms with Crippen molar-refractivity contribution in [1.82, 2.24) is 5.32 Å². The van der Waals surface area contributed by atoms with Crippen LogP contribution in [-0.4, -0.2) is 35.2 Å². The van der Waals surface area contributed by atoms with Crippen molar-refractivity contribution in [2.75, 3.05) is 7.11 Å². The molecule has 2 N–H and O–H groups in total. The first kappa shape index (κ1) is 19.7. The number of nitro groups is 1. The maximum absolute atomic E-state index is 12.0. The highest BCUT2D eigenvalue weighted by Gasteiger charge is 2.24. The summed E-state index contributed by atoms with van der Waals surface area (Å²) in [6.07, 6.45) is -0.862. The maximum Gasteiger partial charge on any atom is 0.408 e. The molecule has 9 heteroatoms. The molecule has 0 aromatic heterocycles. The average molecular weight is 374 g/mol. The predicted octanol–water partition coefficient (Wildman–Crippen LogP) is 2.31. The number of phenolic OH excluding ortho intramolecular Hbond substituents is 1. The Balaban J connectivity index is 2.02. The summed E-state index contributed by atoms with van der Waals surface area (Å²) in [7, 11) is 1.17. The fourth-order valence-electron chi connectivity index (χ4n) is 2.33. The zero-order chi connectivity index (χ0) is 19.8. The van der Waals surface area contributed by atoms with E-state index >= 15 is 0 Å². The van der Waals surface area contributed by atoms with E-state index in [4.69, 9.17) is 4.74 Å². The predicted molar refractivity (Wildman–Crippen MR) is 94.0 cm³/mol. The Morgan fingerprint density at radius 1 is 1.19 bits per heavy atom. The summed E-state index contributed by atoms with van der Waals surface area (Å²) in [5, 5.41) is 22.8. The minimum absolute atomic E-state index is 0.0267. The van der Waals surface area contributed by atoms with E-state index in [1.807, 2.05) is 6.07 Å². The molecule has 2 aromatic carbocycles. The standard InChI is InChI=1S/C18H18N2O7/c1-26-17(22)14(9-13-7-8-15(20(24)25)16(21)10-13)19-18(23)27-11-12-5-3-2-4-6-12/h2-8,10,14,21H,9,11H2,1H3,(H,19,23)/t14-/m1/s1. The second-order valence-corrected chi connectivity index (χ2v) is 5.57. The van der Waals surface area contributed by atoms with Crippen LogP contribution in [0.4, 0.5) is 10.5 Å². The minimum atomic E-state index is -1.08. The Bertz CT molecular complexity index is 824. The summed E-state index contributed by atoms with van der Waals surface area (Å²) in [5.41, 5.74) is 0.725. The Morgan fingerprint density at radius 2 is 1.89 bits per heavy atom. The first-order valence-corrected chi connectivity index (χ1v) is 7.92. The van der Waals surface area contributed by atoms with Crippen LogP contribution in [-0.2, 0) is 27.3 Å². The Labute approximate surface area is 154 Å². The van der Waals surface area contributed by atoms with Gasteiger partial charge in [-0.15, -0.1) is 0 Å². The molecule has 0 unspecified atom stereocenters. The molecule has 2 aromatic rings. The molecule has 0 saturated carbocycles. The van der Waals surface area contributed by atoms with Crippen molar-refractivity contribution in [3.8, 4) is 5.75 Å². The number of carbonyl (C=O) groups excluding carboxylic acids is 2. The van der Waals surface area contributed by atoms with Gasteiger partial charge in [0, 0.05) is 12.5 Å². The second kappa shape index (κ2) is 9.18. The highest BCUT2D eigenvalue weighted by molar-refractivity contribution is 5.81. The van der Waals surface area contributed by atoms with Crippen molar-refractivity contribution in [3.63, 3.8) is 0 Å². The fraction of sp³-hybridized carbons (Fsp3) is 0.222. The van der Waals surface area contributed by atoms with Gasteiger partial charge in [-0.05, 0) is 17.2 Å². The van der Waals surface area contributed by atoms with E-state index in [-0.39, 0.29) is 13.0 Å². The van der Waals surface area contributed by atoms with E-state index in [0.717, 1.165) is 17.7 Å². The van der Waals surface area contributed by atoms with Crippen molar-refractivity contribution >= 4 is 17.7 Å². The van der Waals surface area contributed by atoms with Crippen molar-refractivity contribution in [2.24, 2.45) is 0 Å². The molecule has 1 atom stereocenters. The zero-order valence-electron chi connectivity index (χ0n) is 14.5. The monoisotopic (exact) mass is 374 g/mol. The lowest BCUT2D eigenvalue weighted by atomic mass is 10.1. The molecular weight excluding hydrogens is 356 g/mol. The number of phenols is 1. The molecule has 0 radical (unpaired) electrons. The van der Waals surface area contributed by atoms with Crippen LogP contribution >= 0.6 is 0 Å². The Hall–Kier alpha value is -3.62. The van der Waals surface area contributed by atoms with Gasteiger partial charge in [-0.25, -0.2) is 9.59 Å². The summed E-state index contributed by atoms with van der Waals surface area (Å²) in [4.78, 5) is 33.9. The van der Waals surface area contributed by atoms with Gasteiger partial charge in [0.15, 0.2) is 5.75 Å². The lowest BCUT2D eigenvalue weighted by molar-refractivity contribution is -0.385. The Kier molecular flexibility index (Phi) is 6.70. The van der Waals surface area contributed by atoms with E-state index in [1.165, 1.54) is 13.2 Å². The van der Waals surface area contributed by atoms with Crippen LogP contribution in [0.15, 0.2) is 48.5 Å². The molecule has 0 aliphatic heterocycles. The second-order valence-electron chi connectivity index (χ2n) is 5.57. The highest BCUT2D eigenvalue weighted by atomic mass is 16.6. The zero-order valence-corrected chi connectivity index (χ0v) is 14.5. The number of carbonyl (C=O) groups is 2. The lowest BCUT2D eigenvalue weighted by Gasteiger charge is -2.16. The first-order chi connectivity index (χ1) is 12.9. The molecule has 0 saturated heterocycles. The van der Waals surface area contributed by atoms with E-state index in [9.17, 15) is 24.8 Å². The largest absolute Gasteiger partial charge is 0.502 e. The number of hydrogen-bond donors (Lipinski definition) is 2. The van der Waals surface area contributed by atoms with Gasteiger partial charge in [0.25, 0.3) is 0 Å². The summed E-state index contributed by atoms with van der Waals surface area (Å²) in [6, 6.07) is 11.6. The molecular formula is C18H18N2O7. The summed E-state index contributed by atoms with van der Waals surface area (Å²) in [5.74, 6) is -1.25. The van der Waals surface area contributed by atoms with E-state index in [0.29, 0.717) is 5.56 Å². The first-order valence-electron chi connectivity index (χ1n) is 7.92. The maximum atomic E-state index is 12.0. The van der Waals surface area contributed by atoms with Crippen LogP contribution in [0.25, 0.3) is 0 Å². The number of esters is 1. The normalized spacial score (nSPS) is 11.3. The fourth-order valence-corrected chi connectivity index (χ4v) is 2.33. The van der Waals surface area contributed by atoms with Crippen molar-refractivity contribution < 1.29 is 29.1 Å². The SMILES string of the molecule is COC(=O)[C@@H](Cc1ccc([N+](=O)[O-])c(O)c1)NC(=O)OCc1ccccc1. The van der Waals surface area contributed by atoms with Gasteiger partial charge in [-0.2, -0.15) is 0 Å². The molecule has 2 rings (SSSR count). The number of amides is 1. The number of methoxy groups -OCH3 is 1. The molecule has 0 fully saturated rings. The molecule has 0 heterocycles. The number of rotatable bonds is 7. The van der Waals surface area contributed by atoms with Gasteiger partial charge in [0.2, 0.25) is 0 Å². The minimum Gasteiger partial charge on any atom is -0.502 e. The molecule has 9 nitrogen and oxygen atoms in total. The van der Waals surface area contributed by atoms with Gasteiger partial charge < -0.3 is 19.9 Å². The molecule has 142 valence electrons. The van der Waals surface area contributed by atoms with E-state index in [1.54, 1.807) is 24.3 Å². The van der Waals surface area contributed by atoms with Gasteiger partial charge >= 0.3 is 17.7 Å². The number of alkyl carbamates (subject to hydrolysis) is 1. The van der Waals surface area contributed by atoms with Gasteiger partial charge in [0.1, 0.15) is 12.6 Å². The van der Waals surface area contributed by atoms with Crippen LogP contribution in [0.2, 0.25) is 0 Å². The van der Waals surface area contributed by atoms with Crippen molar-refractivity contribution in [2.45, 2.75) is 19.1 Å². The third kappa shape index (κ3) is 5.70. The number of hydrogen-bond acceptors (Lipinski definition) is 7. The number of ether oxygens (including phenoxy) is 2. The Morgan fingerprint density at radius 3 is 2.48 bits per heavy atom.